The Morgan fingerprint density at radius 3 is 2.65 bits per heavy atom. The van der Waals surface area contributed by atoms with Gasteiger partial charge in [0, 0.05) is 13.1 Å². The molecule has 1 aromatic rings. The van der Waals surface area contributed by atoms with Crippen molar-refractivity contribution in [2.45, 2.75) is 26.1 Å². The van der Waals surface area contributed by atoms with Gasteiger partial charge in [-0.25, -0.2) is 0 Å². The molecule has 1 aromatic carbocycles. The summed E-state index contributed by atoms with van der Waals surface area (Å²) in [5, 5.41) is 18.5. The van der Waals surface area contributed by atoms with Crippen molar-refractivity contribution in [2.24, 2.45) is 0 Å². The Morgan fingerprint density at radius 1 is 1.35 bits per heavy atom. The number of carbonyl (C=O) groups is 1. The summed E-state index contributed by atoms with van der Waals surface area (Å²) in [5.74, 6) is -0.821. The van der Waals surface area contributed by atoms with E-state index in [-0.39, 0.29) is 13.0 Å². The van der Waals surface area contributed by atoms with Crippen LogP contribution >= 0.6 is 0 Å². The van der Waals surface area contributed by atoms with Crippen LogP contribution in [0.5, 0.6) is 0 Å². The third-order valence-corrected chi connectivity index (χ3v) is 2.98. The number of carboxylic acids is 1. The standard InChI is InChI=1S/C15H23NO4/c1-2-16(9-8-15(18)19)10-14(17)12-20-11-13-6-4-3-5-7-13/h3-7,14,17H,2,8-12H2,1H3,(H,18,19). The molecular formula is C15H23NO4. The van der Waals surface area contributed by atoms with E-state index in [0.717, 1.165) is 5.56 Å². The third-order valence-electron chi connectivity index (χ3n) is 2.98. The van der Waals surface area contributed by atoms with Gasteiger partial charge in [0.2, 0.25) is 0 Å². The molecule has 1 rings (SSSR count). The molecule has 20 heavy (non-hydrogen) atoms. The van der Waals surface area contributed by atoms with E-state index in [1.807, 2.05) is 42.2 Å². The van der Waals surface area contributed by atoms with Gasteiger partial charge in [0.25, 0.3) is 0 Å². The fraction of sp³-hybridized carbons (Fsp3) is 0.533. The molecule has 0 heterocycles. The van der Waals surface area contributed by atoms with Crippen LogP contribution < -0.4 is 0 Å². The maximum atomic E-state index is 10.5. The topological polar surface area (TPSA) is 70.0 Å². The number of likely N-dealkylation sites (N-methyl/N-ethyl adjacent to an activating group) is 1. The summed E-state index contributed by atoms with van der Waals surface area (Å²) in [6.45, 7) is 4.25. The predicted molar refractivity (Wildman–Crippen MR) is 76.5 cm³/mol. The van der Waals surface area contributed by atoms with Gasteiger partial charge in [-0.2, -0.15) is 0 Å². The summed E-state index contributed by atoms with van der Waals surface area (Å²) in [4.78, 5) is 12.4. The number of ether oxygens (including phenoxy) is 1. The lowest BCUT2D eigenvalue weighted by Crippen LogP contribution is -2.36. The molecule has 5 nitrogen and oxygen atoms in total. The fourth-order valence-corrected chi connectivity index (χ4v) is 1.87. The molecule has 5 heteroatoms. The third kappa shape index (κ3) is 7.23. The average Bonchev–Trinajstić information content (AvgIpc) is 2.44. The summed E-state index contributed by atoms with van der Waals surface area (Å²) in [5.41, 5.74) is 1.07. The van der Waals surface area contributed by atoms with Crippen LogP contribution in [-0.4, -0.2) is 53.4 Å². The summed E-state index contributed by atoms with van der Waals surface area (Å²) >= 11 is 0. The fourth-order valence-electron chi connectivity index (χ4n) is 1.87. The quantitative estimate of drug-likeness (QED) is 0.677. The molecule has 2 N–H and O–H groups in total. The summed E-state index contributed by atoms with van der Waals surface area (Å²) in [7, 11) is 0. The van der Waals surface area contributed by atoms with Crippen LogP contribution in [0.3, 0.4) is 0 Å². The number of aliphatic hydroxyl groups is 1. The van der Waals surface area contributed by atoms with E-state index < -0.39 is 12.1 Å². The van der Waals surface area contributed by atoms with Gasteiger partial charge in [-0.1, -0.05) is 37.3 Å². The van der Waals surface area contributed by atoms with Crippen molar-refractivity contribution in [2.75, 3.05) is 26.2 Å². The van der Waals surface area contributed by atoms with Crippen LogP contribution in [0.1, 0.15) is 18.9 Å². The number of hydrogen-bond donors (Lipinski definition) is 2. The van der Waals surface area contributed by atoms with Gasteiger partial charge < -0.3 is 19.8 Å². The summed E-state index contributed by atoms with van der Waals surface area (Å²) in [6, 6.07) is 9.77. The lowest BCUT2D eigenvalue weighted by Gasteiger charge is -2.22. The maximum absolute atomic E-state index is 10.5. The number of hydrogen-bond acceptors (Lipinski definition) is 4. The van der Waals surface area contributed by atoms with E-state index in [2.05, 4.69) is 0 Å². The molecular weight excluding hydrogens is 258 g/mol. The monoisotopic (exact) mass is 281 g/mol. The smallest absolute Gasteiger partial charge is 0.304 e. The SMILES string of the molecule is CCN(CCC(=O)O)CC(O)COCc1ccccc1. The van der Waals surface area contributed by atoms with Gasteiger partial charge in [0.1, 0.15) is 0 Å². The highest BCUT2D eigenvalue weighted by molar-refractivity contribution is 5.66. The number of aliphatic carboxylic acids is 1. The molecule has 0 bridgehead atoms. The first-order valence-corrected chi connectivity index (χ1v) is 6.85. The number of rotatable bonds is 10. The molecule has 0 spiro atoms. The van der Waals surface area contributed by atoms with Crippen LogP contribution in [0, 0.1) is 0 Å². The molecule has 112 valence electrons. The first kappa shape index (κ1) is 16.6. The number of nitrogens with zero attached hydrogens (tertiary/aromatic N) is 1. The predicted octanol–water partition coefficient (Wildman–Crippen LogP) is 1.36. The molecule has 0 aromatic heterocycles. The maximum Gasteiger partial charge on any atom is 0.304 e. The molecule has 1 unspecified atom stereocenters. The lowest BCUT2D eigenvalue weighted by atomic mass is 10.2. The number of benzene rings is 1. The van der Waals surface area contributed by atoms with Crippen molar-refractivity contribution in [1.82, 2.24) is 4.90 Å². The average molecular weight is 281 g/mol. The highest BCUT2D eigenvalue weighted by atomic mass is 16.5. The molecule has 0 radical (unpaired) electrons. The van der Waals surface area contributed by atoms with E-state index in [9.17, 15) is 9.90 Å². The van der Waals surface area contributed by atoms with Crippen molar-refractivity contribution in [3.8, 4) is 0 Å². The van der Waals surface area contributed by atoms with Crippen molar-refractivity contribution in [3.05, 3.63) is 35.9 Å². The molecule has 0 aliphatic carbocycles. The van der Waals surface area contributed by atoms with E-state index in [1.54, 1.807) is 0 Å². The van der Waals surface area contributed by atoms with Crippen molar-refractivity contribution in [3.63, 3.8) is 0 Å². The van der Waals surface area contributed by atoms with Crippen molar-refractivity contribution >= 4 is 5.97 Å². The van der Waals surface area contributed by atoms with Crippen LogP contribution in [-0.2, 0) is 16.1 Å². The van der Waals surface area contributed by atoms with Crippen LogP contribution in [0.4, 0.5) is 0 Å². The molecule has 0 aliphatic heterocycles. The molecule has 0 saturated carbocycles. The van der Waals surface area contributed by atoms with Crippen molar-refractivity contribution < 1.29 is 19.7 Å². The Hall–Kier alpha value is -1.43. The van der Waals surface area contributed by atoms with Gasteiger partial charge in [0.05, 0.1) is 25.7 Å². The largest absolute Gasteiger partial charge is 0.481 e. The second kappa shape index (κ2) is 9.47. The van der Waals surface area contributed by atoms with E-state index in [1.165, 1.54) is 0 Å². The zero-order valence-electron chi connectivity index (χ0n) is 11.9. The number of carboxylic acid groups (broad SMARTS) is 1. The first-order valence-electron chi connectivity index (χ1n) is 6.85. The Morgan fingerprint density at radius 2 is 2.05 bits per heavy atom. The minimum Gasteiger partial charge on any atom is -0.481 e. The highest BCUT2D eigenvalue weighted by Gasteiger charge is 2.11. The van der Waals surface area contributed by atoms with Crippen LogP contribution in [0.25, 0.3) is 0 Å². The highest BCUT2D eigenvalue weighted by Crippen LogP contribution is 2.02. The Labute approximate surface area is 119 Å². The minimum atomic E-state index is -0.821. The second-order valence-corrected chi connectivity index (χ2v) is 4.69. The Kier molecular flexibility index (Phi) is 7.87. The van der Waals surface area contributed by atoms with E-state index >= 15 is 0 Å². The normalized spacial score (nSPS) is 12.6. The van der Waals surface area contributed by atoms with Gasteiger partial charge >= 0.3 is 5.97 Å². The minimum absolute atomic E-state index is 0.0887. The van der Waals surface area contributed by atoms with Gasteiger partial charge in [-0.05, 0) is 12.1 Å². The molecule has 0 amide bonds. The molecule has 0 aliphatic rings. The number of aliphatic hydroxyl groups excluding tert-OH is 1. The van der Waals surface area contributed by atoms with Crippen LogP contribution in [0.15, 0.2) is 30.3 Å². The Bertz CT molecular complexity index is 383. The van der Waals surface area contributed by atoms with E-state index in [4.69, 9.17) is 9.84 Å². The summed E-state index contributed by atoms with van der Waals surface area (Å²) in [6.07, 6.45) is -0.515. The van der Waals surface area contributed by atoms with Crippen LogP contribution in [0.2, 0.25) is 0 Å². The lowest BCUT2D eigenvalue weighted by molar-refractivity contribution is -0.137. The van der Waals surface area contributed by atoms with Gasteiger partial charge in [-0.15, -0.1) is 0 Å². The van der Waals surface area contributed by atoms with Crippen molar-refractivity contribution in [1.29, 1.82) is 0 Å². The van der Waals surface area contributed by atoms with Gasteiger partial charge in [-0.3, -0.25) is 4.79 Å². The van der Waals surface area contributed by atoms with E-state index in [0.29, 0.717) is 26.2 Å². The van der Waals surface area contributed by atoms with Gasteiger partial charge in [0.15, 0.2) is 0 Å². The Balaban J connectivity index is 2.21. The summed E-state index contributed by atoms with van der Waals surface area (Å²) < 4.78 is 5.46. The zero-order valence-corrected chi connectivity index (χ0v) is 11.9. The molecule has 0 fully saturated rings. The zero-order chi connectivity index (χ0) is 14.8. The molecule has 1 atom stereocenters. The molecule has 0 saturated heterocycles. The second-order valence-electron chi connectivity index (χ2n) is 4.69. The first-order chi connectivity index (χ1) is 9.61.